The summed E-state index contributed by atoms with van der Waals surface area (Å²) < 4.78 is 0. The zero-order valence-electron chi connectivity index (χ0n) is 5.93. The predicted molar refractivity (Wildman–Crippen MR) is 37.2 cm³/mol. The van der Waals surface area contributed by atoms with Gasteiger partial charge in [-0.15, -0.1) is 0 Å². The molecule has 0 aromatic carbocycles. The Balaban J connectivity index is 2.10. The first-order valence-corrected chi connectivity index (χ1v) is 3.83. The Morgan fingerprint density at radius 3 is 2.89 bits per heavy atom. The molecule has 0 aliphatic carbocycles. The largest absolute Gasteiger partial charge is 0.302 e. The first-order valence-electron chi connectivity index (χ1n) is 3.83. The Bertz CT molecular complexity index is 97.5. The van der Waals surface area contributed by atoms with Crippen LogP contribution >= 0.6 is 0 Å². The van der Waals surface area contributed by atoms with E-state index in [-0.39, 0.29) is 0 Å². The molecule has 2 heteroatoms. The maximum absolute atomic E-state index is 3.49. The number of hydrogen-bond acceptors (Lipinski definition) is 2. The van der Waals surface area contributed by atoms with Crippen molar-refractivity contribution in [3.8, 4) is 0 Å². The number of fused-ring (bicyclic) bond motifs is 2. The first kappa shape index (κ1) is 5.69. The Hall–Kier alpha value is -0.0800. The summed E-state index contributed by atoms with van der Waals surface area (Å²) in [6, 6.07) is 0.899. The van der Waals surface area contributed by atoms with Crippen LogP contribution in [0.3, 0.4) is 0 Å². The minimum atomic E-state index is 0.712. The van der Waals surface area contributed by atoms with E-state index in [1.807, 2.05) is 0 Å². The van der Waals surface area contributed by atoms with Crippen molar-refractivity contribution >= 4 is 0 Å². The Kier molecular flexibility index (Phi) is 1.24. The zero-order chi connectivity index (χ0) is 6.27. The van der Waals surface area contributed by atoms with Gasteiger partial charge in [-0.2, -0.15) is 0 Å². The van der Waals surface area contributed by atoms with Gasteiger partial charge in [-0.1, -0.05) is 0 Å². The summed E-state index contributed by atoms with van der Waals surface area (Å²) in [4.78, 5) is 2.48. The van der Waals surface area contributed by atoms with E-state index < -0.39 is 0 Å². The molecule has 2 saturated heterocycles. The SMILES string of the molecule is CN1C2CCNC1CC2. The Morgan fingerprint density at radius 1 is 1.33 bits per heavy atom. The van der Waals surface area contributed by atoms with Gasteiger partial charge in [0.1, 0.15) is 0 Å². The van der Waals surface area contributed by atoms with Crippen LogP contribution in [0.5, 0.6) is 0 Å². The van der Waals surface area contributed by atoms with Gasteiger partial charge in [-0.25, -0.2) is 0 Å². The van der Waals surface area contributed by atoms with Gasteiger partial charge in [-0.3, -0.25) is 4.90 Å². The summed E-state index contributed by atoms with van der Waals surface area (Å²) >= 11 is 0. The van der Waals surface area contributed by atoms with Crippen molar-refractivity contribution < 1.29 is 0 Å². The molecule has 1 N–H and O–H groups in total. The van der Waals surface area contributed by atoms with Crippen molar-refractivity contribution in [2.45, 2.75) is 31.5 Å². The summed E-state index contributed by atoms with van der Waals surface area (Å²) in [7, 11) is 2.23. The van der Waals surface area contributed by atoms with Crippen LogP contribution in [-0.2, 0) is 0 Å². The topological polar surface area (TPSA) is 15.3 Å². The van der Waals surface area contributed by atoms with Crippen LogP contribution in [0.25, 0.3) is 0 Å². The van der Waals surface area contributed by atoms with Gasteiger partial charge in [0.05, 0.1) is 6.17 Å². The molecule has 9 heavy (non-hydrogen) atoms. The third-order valence-corrected chi connectivity index (χ3v) is 2.70. The van der Waals surface area contributed by atoms with Crippen LogP contribution in [0.1, 0.15) is 19.3 Å². The molecule has 2 aliphatic heterocycles. The molecule has 2 nitrogen and oxygen atoms in total. The van der Waals surface area contributed by atoms with E-state index in [1.165, 1.54) is 25.8 Å². The molecule has 2 unspecified atom stereocenters. The van der Waals surface area contributed by atoms with Crippen LogP contribution in [0.2, 0.25) is 0 Å². The second kappa shape index (κ2) is 1.96. The van der Waals surface area contributed by atoms with E-state index >= 15 is 0 Å². The summed E-state index contributed by atoms with van der Waals surface area (Å²) in [6.45, 7) is 1.24. The smallest absolute Gasteiger partial charge is 0.0597 e. The fraction of sp³-hybridized carbons (Fsp3) is 1.00. The van der Waals surface area contributed by atoms with E-state index in [2.05, 4.69) is 17.3 Å². The summed E-state index contributed by atoms with van der Waals surface area (Å²) in [5, 5.41) is 3.49. The minimum Gasteiger partial charge on any atom is -0.302 e. The van der Waals surface area contributed by atoms with Gasteiger partial charge < -0.3 is 5.32 Å². The lowest BCUT2D eigenvalue weighted by Gasteiger charge is -2.31. The van der Waals surface area contributed by atoms with E-state index in [0.29, 0.717) is 6.17 Å². The van der Waals surface area contributed by atoms with Gasteiger partial charge in [0.15, 0.2) is 0 Å². The van der Waals surface area contributed by atoms with E-state index in [9.17, 15) is 0 Å². The average Bonchev–Trinajstić information content (AvgIpc) is 2.19. The monoisotopic (exact) mass is 126 g/mol. The molecule has 2 bridgehead atoms. The van der Waals surface area contributed by atoms with Crippen LogP contribution in [0.15, 0.2) is 0 Å². The van der Waals surface area contributed by atoms with E-state index in [4.69, 9.17) is 0 Å². The normalized spacial score (nSPS) is 43.7. The number of nitrogens with zero attached hydrogens (tertiary/aromatic N) is 1. The summed E-state index contributed by atoms with van der Waals surface area (Å²) in [5.41, 5.74) is 0. The highest BCUT2D eigenvalue weighted by Gasteiger charge is 2.32. The van der Waals surface area contributed by atoms with Crippen LogP contribution in [-0.4, -0.2) is 30.7 Å². The van der Waals surface area contributed by atoms with Crippen LogP contribution in [0.4, 0.5) is 0 Å². The Morgan fingerprint density at radius 2 is 2.22 bits per heavy atom. The van der Waals surface area contributed by atoms with E-state index in [1.54, 1.807) is 0 Å². The van der Waals surface area contributed by atoms with Crippen molar-refractivity contribution in [2.75, 3.05) is 13.6 Å². The molecule has 0 radical (unpaired) electrons. The Labute approximate surface area is 56.2 Å². The molecule has 0 aromatic heterocycles. The van der Waals surface area contributed by atoms with Gasteiger partial charge in [-0.05, 0) is 32.9 Å². The fourth-order valence-corrected chi connectivity index (χ4v) is 2.02. The van der Waals surface area contributed by atoms with E-state index in [0.717, 1.165) is 6.04 Å². The molecule has 2 rings (SSSR count). The maximum atomic E-state index is 3.49. The third-order valence-electron chi connectivity index (χ3n) is 2.70. The lowest BCUT2D eigenvalue weighted by molar-refractivity contribution is 0.163. The van der Waals surface area contributed by atoms with Crippen molar-refractivity contribution in [2.24, 2.45) is 0 Å². The predicted octanol–water partition coefficient (Wildman–Crippen LogP) is 0.400. The molecule has 0 saturated carbocycles. The molecular formula is C7H14N2. The highest BCUT2D eigenvalue weighted by atomic mass is 15.3. The number of hydrogen-bond donors (Lipinski definition) is 1. The van der Waals surface area contributed by atoms with Gasteiger partial charge in [0, 0.05) is 6.04 Å². The standard InChI is InChI=1S/C7H14N2/c1-9-6-2-3-7(9)8-5-4-6/h6-8H,2-5H2,1H3. The minimum absolute atomic E-state index is 0.712. The van der Waals surface area contributed by atoms with Crippen molar-refractivity contribution in [1.82, 2.24) is 10.2 Å². The van der Waals surface area contributed by atoms with Crippen LogP contribution < -0.4 is 5.32 Å². The number of rotatable bonds is 0. The lowest BCUT2D eigenvalue weighted by Crippen LogP contribution is -2.48. The van der Waals surface area contributed by atoms with Gasteiger partial charge in [0.25, 0.3) is 0 Å². The summed E-state index contributed by atoms with van der Waals surface area (Å²) in [5.74, 6) is 0. The molecule has 0 aromatic rings. The molecular weight excluding hydrogens is 112 g/mol. The summed E-state index contributed by atoms with van der Waals surface area (Å²) in [6.07, 6.45) is 4.84. The molecule has 0 amide bonds. The highest BCUT2D eigenvalue weighted by Crippen LogP contribution is 2.25. The molecule has 2 fully saturated rings. The molecule has 2 aliphatic rings. The van der Waals surface area contributed by atoms with Gasteiger partial charge in [0.2, 0.25) is 0 Å². The maximum Gasteiger partial charge on any atom is 0.0597 e. The number of nitrogens with one attached hydrogen (secondary N) is 1. The van der Waals surface area contributed by atoms with Crippen LogP contribution in [0, 0.1) is 0 Å². The molecule has 52 valence electrons. The van der Waals surface area contributed by atoms with Crippen molar-refractivity contribution in [3.63, 3.8) is 0 Å². The first-order chi connectivity index (χ1) is 4.38. The van der Waals surface area contributed by atoms with Crippen molar-refractivity contribution in [1.29, 1.82) is 0 Å². The highest BCUT2D eigenvalue weighted by molar-refractivity contribution is 4.88. The van der Waals surface area contributed by atoms with Crippen molar-refractivity contribution in [3.05, 3.63) is 0 Å². The molecule has 0 spiro atoms. The fourth-order valence-electron chi connectivity index (χ4n) is 2.02. The second-order valence-electron chi connectivity index (χ2n) is 3.16. The quantitative estimate of drug-likeness (QED) is 0.505. The van der Waals surface area contributed by atoms with Gasteiger partial charge >= 0.3 is 0 Å². The third kappa shape index (κ3) is 0.775. The molecule has 2 atom stereocenters. The zero-order valence-corrected chi connectivity index (χ0v) is 5.93. The average molecular weight is 126 g/mol. The molecule has 2 heterocycles. The lowest BCUT2D eigenvalue weighted by atomic mass is 10.1. The second-order valence-corrected chi connectivity index (χ2v) is 3.16.